The number of nitrogens with two attached hydrogens (primary N) is 1. The van der Waals surface area contributed by atoms with Crippen LogP contribution in [0.25, 0.3) is 0 Å². The average molecular weight is 542 g/mol. The minimum atomic E-state index is -1.42. The van der Waals surface area contributed by atoms with E-state index in [0.717, 1.165) is 0 Å². The summed E-state index contributed by atoms with van der Waals surface area (Å²) in [5, 5.41) is 9.64. The minimum absolute atomic E-state index is 0.0764. The quantitative estimate of drug-likeness (QED) is 0.209. The van der Waals surface area contributed by atoms with Gasteiger partial charge in [0.1, 0.15) is 12.1 Å². The largest absolute Gasteiger partial charge is 0.514 e. The Morgan fingerprint density at radius 1 is 0.789 bits per heavy atom. The Morgan fingerprint density at radius 3 is 1.79 bits per heavy atom. The van der Waals surface area contributed by atoms with Gasteiger partial charge >= 0.3 is 24.4 Å². The van der Waals surface area contributed by atoms with Crippen LogP contribution in [0.2, 0.25) is 0 Å². The Balaban J connectivity index is 3.31. The van der Waals surface area contributed by atoms with Crippen LogP contribution in [0.1, 0.15) is 66.9 Å². The molecule has 0 saturated carbocycles. The second-order valence-electron chi connectivity index (χ2n) is 9.74. The lowest BCUT2D eigenvalue weighted by Crippen LogP contribution is -2.40. The van der Waals surface area contributed by atoms with Gasteiger partial charge in [-0.05, 0) is 64.2 Å². The number of benzene rings is 1. The van der Waals surface area contributed by atoms with Gasteiger partial charge in [-0.3, -0.25) is 4.79 Å². The van der Waals surface area contributed by atoms with Crippen LogP contribution in [0.4, 0.5) is 14.4 Å². The first-order valence-corrected chi connectivity index (χ1v) is 12.3. The van der Waals surface area contributed by atoms with E-state index in [1.54, 1.807) is 41.5 Å². The van der Waals surface area contributed by atoms with Crippen molar-refractivity contribution < 1.29 is 52.7 Å². The fraction of sp³-hybridized carbons (Fsp3) is 0.615. The van der Waals surface area contributed by atoms with Crippen molar-refractivity contribution in [3.63, 3.8) is 0 Å². The van der Waals surface area contributed by atoms with E-state index in [1.807, 2.05) is 13.8 Å². The van der Waals surface area contributed by atoms with Gasteiger partial charge in [0.05, 0.1) is 18.8 Å². The number of aliphatic carboxylic acids is 1. The molecule has 1 aromatic rings. The van der Waals surface area contributed by atoms with Crippen LogP contribution in [0, 0.1) is 11.8 Å². The average Bonchev–Trinajstić information content (AvgIpc) is 2.78. The highest BCUT2D eigenvalue weighted by molar-refractivity contribution is 5.75. The minimum Gasteiger partial charge on any atom is -0.480 e. The lowest BCUT2D eigenvalue weighted by atomic mass is 9.82. The van der Waals surface area contributed by atoms with Gasteiger partial charge in [-0.25, -0.2) is 14.4 Å². The van der Waals surface area contributed by atoms with Crippen LogP contribution in [0.3, 0.4) is 0 Å². The Labute approximate surface area is 222 Å². The highest BCUT2D eigenvalue weighted by Gasteiger charge is 2.33. The number of hydrogen-bond donors (Lipinski definition) is 2. The Kier molecular flexibility index (Phi) is 12.8. The topological polar surface area (TPSA) is 170 Å². The first-order valence-electron chi connectivity index (χ1n) is 12.3. The molecule has 3 N–H and O–H groups in total. The van der Waals surface area contributed by atoms with Crippen LogP contribution in [0.5, 0.6) is 11.5 Å². The summed E-state index contributed by atoms with van der Waals surface area (Å²) >= 11 is 0. The third kappa shape index (κ3) is 10.8. The molecule has 0 fully saturated rings. The molecule has 0 radical (unpaired) electrons. The van der Waals surface area contributed by atoms with Crippen LogP contribution in [-0.4, -0.2) is 60.5 Å². The summed E-state index contributed by atoms with van der Waals surface area (Å²) in [6.45, 7) is 13.4. The maximum Gasteiger partial charge on any atom is 0.514 e. The van der Waals surface area contributed by atoms with Crippen molar-refractivity contribution in [2.75, 3.05) is 6.61 Å². The number of ether oxygens (including phenoxy) is 6. The lowest BCUT2D eigenvalue weighted by molar-refractivity contribution is -0.139. The summed E-state index contributed by atoms with van der Waals surface area (Å²) in [6, 6.07) is 2.65. The first kappa shape index (κ1) is 32.5. The number of carbonyl (C=O) groups excluding carboxylic acids is 3. The monoisotopic (exact) mass is 541 g/mol. The second kappa shape index (κ2) is 15.0. The van der Waals surface area contributed by atoms with E-state index in [1.165, 1.54) is 18.2 Å². The Bertz CT molecular complexity index is 961. The van der Waals surface area contributed by atoms with Crippen LogP contribution in [-0.2, 0) is 23.7 Å². The van der Waals surface area contributed by atoms with Crippen LogP contribution in [0.15, 0.2) is 18.2 Å². The molecule has 12 heteroatoms. The zero-order valence-electron chi connectivity index (χ0n) is 23.1. The van der Waals surface area contributed by atoms with Gasteiger partial charge in [0.15, 0.2) is 11.5 Å². The number of hydrogen-bond acceptors (Lipinski definition) is 11. The van der Waals surface area contributed by atoms with Crippen molar-refractivity contribution in [3.8, 4) is 11.5 Å². The molecule has 0 bridgehead atoms. The lowest BCUT2D eigenvalue weighted by Gasteiger charge is -2.28. The summed E-state index contributed by atoms with van der Waals surface area (Å²) < 4.78 is 30.8. The van der Waals surface area contributed by atoms with Crippen molar-refractivity contribution >= 4 is 24.4 Å². The molecule has 4 atom stereocenters. The highest BCUT2D eigenvalue weighted by atomic mass is 16.8. The normalized spacial score (nSPS) is 14.3. The molecule has 0 aliphatic carbocycles. The molecular formula is C26H39NO11. The maximum atomic E-state index is 12.2. The smallest absolute Gasteiger partial charge is 0.480 e. The fourth-order valence-electron chi connectivity index (χ4n) is 3.18. The molecule has 1 aromatic carbocycles. The van der Waals surface area contributed by atoms with E-state index in [0.29, 0.717) is 5.56 Å². The molecule has 0 aromatic heterocycles. The number of carbonyl (C=O) groups is 4. The van der Waals surface area contributed by atoms with Gasteiger partial charge in [0.2, 0.25) is 0 Å². The van der Waals surface area contributed by atoms with E-state index in [9.17, 15) is 24.3 Å². The molecule has 0 saturated heterocycles. The summed E-state index contributed by atoms with van der Waals surface area (Å²) in [5.41, 5.74) is 6.32. The van der Waals surface area contributed by atoms with Crippen LogP contribution >= 0.6 is 0 Å². The van der Waals surface area contributed by atoms with Crippen LogP contribution < -0.4 is 15.2 Å². The zero-order chi connectivity index (χ0) is 29.2. The van der Waals surface area contributed by atoms with Crippen molar-refractivity contribution in [2.24, 2.45) is 17.6 Å². The fourth-order valence-corrected chi connectivity index (χ4v) is 3.18. The Morgan fingerprint density at radius 2 is 1.32 bits per heavy atom. The number of carboxylic acids is 1. The molecule has 0 aliphatic heterocycles. The van der Waals surface area contributed by atoms with E-state index in [4.69, 9.17) is 34.2 Å². The molecular weight excluding hydrogens is 502 g/mol. The summed E-state index contributed by atoms with van der Waals surface area (Å²) in [4.78, 5) is 48.2. The van der Waals surface area contributed by atoms with Gasteiger partial charge in [0, 0.05) is 5.92 Å². The number of rotatable bonds is 12. The van der Waals surface area contributed by atoms with Gasteiger partial charge in [0.25, 0.3) is 0 Å². The third-order valence-electron chi connectivity index (χ3n) is 5.37. The number of carboxylic acid groups (broad SMARTS) is 1. The molecule has 12 nitrogen and oxygen atoms in total. The van der Waals surface area contributed by atoms with Gasteiger partial charge < -0.3 is 39.3 Å². The van der Waals surface area contributed by atoms with Crippen molar-refractivity contribution in [2.45, 2.75) is 85.7 Å². The van der Waals surface area contributed by atoms with Gasteiger partial charge in [-0.2, -0.15) is 0 Å². The molecule has 0 heterocycles. The molecule has 0 aliphatic rings. The third-order valence-corrected chi connectivity index (χ3v) is 5.37. The molecule has 214 valence electrons. The van der Waals surface area contributed by atoms with Crippen molar-refractivity contribution in [1.82, 2.24) is 0 Å². The van der Waals surface area contributed by atoms with E-state index >= 15 is 0 Å². The SMILES string of the molecule is CC(C)OC(=O)Oc1ccc(C(C(C)COC(=O)OC(C)C(C)C)[C@H](N)C(=O)O)cc1OC(=O)OC(C)C. The maximum absolute atomic E-state index is 12.2. The summed E-state index contributed by atoms with van der Waals surface area (Å²) in [6.07, 6.45) is -4.35. The van der Waals surface area contributed by atoms with Crippen molar-refractivity contribution in [1.29, 1.82) is 0 Å². The standard InChI is InChI=1S/C26H39NO11/c1-13(2)17(8)36-24(30)33-12-16(7)21(22(27)23(28)29)18-9-10-19(37-25(31)34-14(3)4)20(11-18)38-26(32)35-15(5)6/h9-11,13-17,21-22H,12,27H2,1-8H3,(H,28,29)/t16?,17?,21?,22-/m0/s1. The first-order chi connectivity index (χ1) is 17.6. The van der Waals surface area contributed by atoms with Gasteiger partial charge in [-0.1, -0.05) is 26.8 Å². The second-order valence-corrected chi connectivity index (χ2v) is 9.74. The zero-order valence-corrected chi connectivity index (χ0v) is 23.1. The van der Waals surface area contributed by atoms with E-state index in [-0.39, 0.29) is 30.1 Å². The predicted molar refractivity (Wildman–Crippen MR) is 135 cm³/mol. The summed E-state index contributed by atoms with van der Waals surface area (Å²) in [7, 11) is 0. The molecule has 3 unspecified atom stereocenters. The highest BCUT2D eigenvalue weighted by Crippen LogP contribution is 2.36. The summed E-state index contributed by atoms with van der Waals surface area (Å²) in [5.74, 6) is -3.15. The van der Waals surface area contributed by atoms with Crippen molar-refractivity contribution in [3.05, 3.63) is 23.8 Å². The molecule has 0 amide bonds. The Hall–Kier alpha value is -3.54. The van der Waals surface area contributed by atoms with E-state index in [2.05, 4.69) is 0 Å². The molecule has 38 heavy (non-hydrogen) atoms. The molecule has 1 rings (SSSR count). The van der Waals surface area contributed by atoms with Gasteiger partial charge in [-0.15, -0.1) is 0 Å². The predicted octanol–water partition coefficient (Wildman–Crippen LogP) is 4.86. The van der Waals surface area contributed by atoms with E-state index < -0.39 is 54.5 Å². The molecule has 0 spiro atoms.